The van der Waals surface area contributed by atoms with E-state index in [1.807, 2.05) is 23.6 Å². The molecular formula is C24H25N3S. The zero-order valence-electron chi connectivity index (χ0n) is 16.6. The van der Waals surface area contributed by atoms with Gasteiger partial charge in [0.05, 0.1) is 5.69 Å². The van der Waals surface area contributed by atoms with Crippen molar-refractivity contribution in [2.24, 2.45) is 5.92 Å². The number of nitrogens with zero attached hydrogens (tertiary/aromatic N) is 2. The van der Waals surface area contributed by atoms with Gasteiger partial charge < -0.3 is 5.32 Å². The van der Waals surface area contributed by atoms with Crippen LogP contribution in [0.3, 0.4) is 0 Å². The molecule has 0 aliphatic carbocycles. The van der Waals surface area contributed by atoms with Crippen LogP contribution in [0.1, 0.15) is 36.9 Å². The number of rotatable bonds is 7. The Morgan fingerprint density at radius 2 is 1.93 bits per heavy atom. The van der Waals surface area contributed by atoms with E-state index in [2.05, 4.69) is 67.5 Å². The lowest BCUT2D eigenvalue weighted by molar-refractivity contribution is 0.647. The van der Waals surface area contributed by atoms with E-state index in [0.29, 0.717) is 11.5 Å². The molecule has 0 atom stereocenters. The number of aryl methyl sites for hydroxylation is 1. The molecule has 28 heavy (non-hydrogen) atoms. The van der Waals surface area contributed by atoms with Crippen molar-refractivity contribution in [1.29, 1.82) is 5.26 Å². The number of anilines is 1. The van der Waals surface area contributed by atoms with E-state index in [-0.39, 0.29) is 0 Å². The first-order valence-electron chi connectivity index (χ1n) is 9.60. The van der Waals surface area contributed by atoms with Crippen molar-refractivity contribution in [3.05, 3.63) is 76.2 Å². The maximum absolute atomic E-state index is 9.59. The summed E-state index contributed by atoms with van der Waals surface area (Å²) in [6, 6.07) is 19.0. The number of aromatic nitrogens is 1. The second-order valence-corrected chi connectivity index (χ2v) is 8.02. The normalized spacial score (nSPS) is 11.5. The highest BCUT2D eigenvalue weighted by Gasteiger charge is 2.10. The summed E-state index contributed by atoms with van der Waals surface area (Å²) in [6.07, 6.45) is 3.77. The molecule has 0 amide bonds. The van der Waals surface area contributed by atoms with Crippen molar-refractivity contribution in [2.45, 2.75) is 33.6 Å². The number of nitrogens with one attached hydrogen (secondary N) is 1. The summed E-state index contributed by atoms with van der Waals surface area (Å²) >= 11 is 1.50. The van der Waals surface area contributed by atoms with Gasteiger partial charge in [0.25, 0.3) is 0 Å². The van der Waals surface area contributed by atoms with Gasteiger partial charge in [0.2, 0.25) is 0 Å². The molecule has 0 saturated heterocycles. The topological polar surface area (TPSA) is 48.7 Å². The molecule has 3 nitrogen and oxygen atoms in total. The first-order valence-corrected chi connectivity index (χ1v) is 10.5. The minimum Gasteiger partial charge on any atom is -0.360 e. The Kier molecular flexibility index (Phi) is 6.62. The molecule has 3 rings (SSSR count). The highest BCUT2D eigenvalue weighted by molar-refractivity contribution is 7.11. The zero-order valence-corrected chi connectivity index (χ0v) is 17.4. The first-order chi connectivity index (χ1) is 13.6. The third kappa shape index (κ3) is 4.88. The summed E-state index contributed by atoms with van der Waals surface area (Å²) in [5, 5.41) is 15.6. The van der Waals surface area contributed by atoms with Gasteiger partial charge in [-0.15, -0.1) is 11.3 Å². The van der Waals surface area contributed by atoms with Crippen LogP contribution >= 0.6 is 11.3 Å². The SMILES string of the molecule is CCc1ccccc1NC=C(C#N)c1nc(-c2ccc(CC(C)C)cc2)cs1. The lowest BCUT2D eigenvalue weighted by Crippen LogP contribution is -1.95. The summed E-state index contributed by atoms with van der Waals surface area (Å²) in [6.45, 7) is 6.57. The van der Waals surface area contributed by atoms with E-state index in [1.54, 1.807) is 6.20 Å². The first kappa shape index (κ1) is 19.9. The molecule has 0 radical (unpaired) electrons. The molecular weight excluding hydrogens is 362 g/mol. The Hall–Kier alpha value is -2.90. The summed E-state index contributed by atoms with van der Waals surface area (Å²) < 4.78 is 0. The summed E-state index contributed by atoms with van der Waals surface area (Å²) in [4.78, 5) is 4.68. The molecule has 1 aromatic heterocycles. The van der Waals surface area contributed by atoms with E-state index in [0.717, 1.165) is 34.8 Å². The van der Waals surface area contributed by atoms with Gasteiger partial charge in [0, 0.05) is 22.8 Å². The van der Waals surface area contributed by atoms with Crippen LogP contribution in [-0.2, 0) is 12.8 Å². The van der Waals surface area contributed by atoms with Crippen LogP contribution in [0.2, 0.25) is 0 Å². The Bertz CT molecular complexity index is 991. The van der Waals surface area contributed by atoms with Gasteiger partial charge in [-0.2, -0.15) is 5.26 Å². The van der Waals surface area contributed by atoms with E-state index in [1.165, 1.54) is 22.5 Å². The molecule has 142 valence electrons. The van der Waals surface area contributed by atoms with Crippen LogP contribution in [0.15, 0.2) is 60.1 Å². The van der Waals surface area contributed by atoms with Crippen LogP contribution in [0.25, 0.3) is 16.8 Å². The van der Waals surface area contributed by atoms with Crippen LogP contribution in [0.5, 0.6) is 0 Å². The van der Waals surface area contributed by atoms with Crippen molar-refractivity contribution >= 4 is 22.6 Å². The molecule has 0 unspecified atom stereocenters. The molecule has 0 bridgehead atoms. The number of hydrogen-bond donors (Lipinski definition) is 1. The molecule has 0 fully saturated rings. The van der Waals surface area contributed by atoms with E-state index < -0.39 is 0 Å². The Morgan fingerprint density at radius 1 is 1.18 bits per heavy atom. The van der Waals surface area contributed by atoms with Crippen molar-refractivity contribution in [3.63, 3.8) is 0 Å². The lowest BCUT2D eigenvalue weighted by atomic mass is 10.0. The third-order valence-corrected chi connectivity index (χ3v) is 5.39. The highest BCUT2D eigenvalue weighted by atomic mass is 32.1. The van der Waals surface area contributed by atoms with Crippen LogP contribution < -0.4 is 5.32 Å². The number of thiazole rings is 1. The summed E-state index contributed by atoms with van der Waals surface area (Å²) in [7, 11) is 0. The molecule has 1 N–H and O–H groups in total. The number of para-hydroxylation sites is 1. The second-order valence-electron chi connectivity index (χ2n) is 7.16. The number of nitriles is 1. The van der Waals surface area contributed by atoms with Crippen LogP contribution in [-0.4, -0.2) is 4.98 Å². The molecule has 0 saturated carbocycles. The Balaban J connectivity index is 1.78. The van der Waals surface area contributed by atoms with Crippen molar-refractivity contribution in [1.82, 2.24) is 4.98 Å². The van der Waals surface area contributed by atoms with Crippen LogP contribution in [0, 0.1) is 17.2 Å². The third-order valence-electron chi connectivity index (χ3n) is 4.52. The minimum atomic E-state index is 0.540. The fourth-order valence-corrected chi connectivity index (χ4v) is 3.87. The van der Waals surface area contributed by atoms with Gasteiger partial charge in [0.15, 0.2) is 0 Å². The zero-order chi connectivity index (χ0) is 19.9. The summed E-state index contributed by atoms with van der Waals surface area (Å²) in [5.74, 6) is 0.644. The lowest BCUT2D eigenvalue weighted by Gasteiger charge is -2.07. The summed E-state index contributed by atoms with van der Waals surface area (Å²) in [5.41, 5.74) is 6.11. The van der Waals surface area contributed by atoms with Gasteiger partial charge in [-0.1, -0.05) is 63.2 Å². The predicted octanol–water partition coefficient (Wildman–Crippen LogP) is 6.55. The van der Waals surface area contributed by atoms with E-state index >= 15 is 0 Å². The van der Waals surface area contributed by atoms with Gasteiger partial charge in [-0.25, -0.2) is 4.98 Å². The predicted molar refractivity (Wildman–Crippen MR) is 119 cm³/mol. The van der Waals surface area contributed by atoms with Gasteiger partial charge in [-0.3, -0.25) is 0 Å². The highest BCUT2D eigenvalue weighted by Crippen LogP contribution is 2.27. The van der Waals surface area contributed by atoms with E-state index in [4.69, 9.17) is 0 Å². The van der Waals surface area contributed by atoms with Crippen molar-refractivity contribution in [3.8, 4) is 17.3 Å². The van der Waals surface area contributed by atoms with Gasteiger partial charge in [-0.05, 0) is 36.0 Å². The maximum atomic E-state index is 9.59. The van der Waals surface area contributed by atoms with Crippen LogP contribution in [0.4, 0.5) is 5.69 Å². The fraction of sp³-hybridized carbons (Fsp3) is 0.250. The standard InChI is InChI=1S/C24H25N3S/c1-4-19-7-5-6-8-22(19)26-15-21(14-25)24-27-23(16-28-24)20-11-9-18(10-12-20)13-17(2)3/h5-12,15-17,26H,4,13H2,1-3H3. The smallest absolute Gasteiger partial charge is 0.136 e. The maximum Gasteiger partial charge on any atom is 0.136 e. The van der Waals surface area contributed by atoms with Gasteiger partial charge >= 0.3 is 0 Å². The van der Waals surface area contributed by atoms with Crippen molar-refractivity contribution < 1.29 is 0 Å². The molecule has 1 heterocycles. The Labute approximate surface area is 171 Å². The monoisotopic (exact) mass is 387 g/mol. The average molecular weight is 388 g/mol. The molecule has 2 aromatic carbocycles. The number of hydrogen-bond acceptors (Lipinski definition) is 4. The Morgan fingerprint density at radius 3 is 2.61 bits per heavy atom. The largest absolute Gasteiger partial charge is 0.360 e. The average Bonchev–Trinajstić information content (AvgIpc) is 3.19. The second kappa shape index (κ2) is 9.34. The molecule has 3 aromatic rings. The molecule has 0 aliphatic heterocycles. The quantitative estimate of drug-likeness (QED) is 0.468. The number of benzene rings is 2. The molecule has 4 heteroatoms. The van der Waals surface area contributed by atoms with Crippen molar-refractivity contribution in [2.75, 3.05) is 5.32 Å². The minimum absolute atomic E-state index is 0.540. The van der Waals surface area contributed by atoms with E-state index in [9.17, 15) is 5.26 Å². The molecule has 0 spiro atoms. The molecule has 0 aliphatic rings. The number of allylic oxidation sites excluding steroid dienone is 1. The fourth-order valence-electron chi connectivity index (χ4n) is 3.07. The van der Waals surface area contributed by atoms with Gasteiger partial charge in [0.1, 0.15) is 16.6 Å².